The number of fused-ring (bicyclic) bond motifs is 6. The van der Waals surface area contributed by atoms with Crippen molar-refractivity contribution in [2.45, 2.75) is 0 Å². The Hall–Kier alpha value is -4.43. The van der Waals surface area contributed by atoms with Gasteiger partial charge in [0.25, 0.3) is 0 Å². The quantitative estimate of drug-likeness (QED) is 0.129. The first-order valence-electron chi connectivity index (χ1n) is 22.7. The highest BCUT2D eigenvalue weighted by atomic mass is 16.3. The highest BCUT2D eigenvalue weighted by Crippen LogP contribution is 2.42. The van der Waals surface area contributed by atoms with Crippen LogP contribution in [0.2, 0.25) is 0 Å². The van der Waals surface area contributed by atoms with Crippen LogP contribution < -0.4 is 104 Å². The maximum Gasteiger partial charge on any atom is 0.143 e. The number of benzene rings is 8. The second-order valence-corrected chi connectivity index (χ2v) is 19.3. The Kier molecular flexibility index (Phi) is 10.2. The Morgan fingerprint density at radius 3 is 1.05 bits per heavy atom. The fraction of sp³-hybridized carbons (Fsp3) is 0. The van der Waals surface area contributed by atoms with Gasteiger partial charge in [0.05, 0.1) is 0 Å². The molecule has 0 radical (unpaired) electrons. The molecule has 0 aliphatic rings. The Morgan fingerprint density at radius 2 is 0.565 bits per heavy atom. The third-order valence-electron chi connectivity index (χ3n) is 16.9. The molecule has 9 aromatic rings. The van der Waals surface area contributed by atoms with E-state index in [2.05, 4.69) is 192 Å². The van der Waals surface area contributed by atoms with Crippen LogP contribution in [0.5, 0.6) is 0 Å². The summed E-state index contributed by atoms with van der Waals surface area (Å²) in [6.45, 7) is 0. The number of rotatable bonds is 3. The third kappa shape index (κ3) is 5.56. The van der Waals surface area contributed by atoms with Crippen molar-refractivity contribution in [1.29, 1.82) is 0 Å². The average molecular weight is 771 g/mol. The van der Waals surface area contributed by atoms with E-state index in [1.54, 1.807) is 0 Å². The van der Waals surface area contributed by atoms with Crippen LogP contribution in [0.4, 0.5) is 0 Å². The first-order chi connectivity index (χ1) is 29.3. The van der Waals surface area contributed by atoms with Crippen LogP contribution in [-0.4, -0.2) is 149 Å². The molecule has 62 heavy (non-hydrogen) atoms. The first-order valence-corrected chi connectivity index (χ1v) is 22.7. The van der Waals surface area contributed by atoms with Gasteiger partial charge >= 0.3 is 0 Å². The van der Waals surface area contributed by atoms with Gasteiger partial charge in [0, 0.05) is 10.8 Å². The van der Waals surface area contributed by atoms with Crippen LogP contribution in [-0.2, 0) is 0 Å². The minimum Gasteiger partial charge on any atom is -0.457 e. The van der Waals surface area contributed by atoms with Gasteiger partial charge in [-0.2, -0.15) is 0 Å². The summed E-state index contributed by atoms with van der Waals surface area (Å²) in [6, 6.07) is 15.9. The maximum atomic E-state index is 6.89. The monoisotopic (exact) mass is 775 g/mol. The minimum absolute atomic E-state index is 1.03. The predicted octanol–water partition coefficient (Wildman–Crippen LogP) is -21.0. The fourth-order valence-electron chi connectivity index (χ4n) is 11.9. The topological polar surface area (TPSA) is 13.1 Å². The van der Waals surface area contributed by atoms with Gasteiger partial charge in [-0.3, -0.25) is 0 Å². The standard InChI is InChI=1S/C42H45B19O/c43-22-18(31(52)39(60)41-20(22)21-32(53)37(58)38(59)40(61)42(21)62-41)19-29(50)27(48)17(28(49)30(19)51)12-15-13(23(44)33(54)35(56)25(15)46)11(10-7-3-5-8-4-1-2-6-9(8)10)14-16(12)26(47)36(57)34(55)24(14)45/h1-7H,43-61H2. The predicted molar refractivity (Wildman–Crippen MR) is 338 cm³/mol. The summed E-state index contributed by atoms with van der Waals surface area (Å²) >= 11 is 0. The average Bonchev–Trinajstić information content (AvgIpc) is 3.68. The zero-order valence-corrected chi connectivity index (χ0v) is 40.9. The Balaban J connectivity index is 1.50. The molecule has 1 nitrogen and oxygen atoms in total. The third-order valence-corrected chi connectivity index (χ3v) is 16.9. The Bertz CT molecular complexity index is 3460. The summed E-state index contributed by atoms with van der Waals surface area (Å²) in [7, 11) is 44.5. The van der Waals surface area contributed by atoms with Gasteiger partial charge in [-0.1, -0.05) is 119 Å². The molecule has 0 fully saturated rings. The molecule has 0 unspecified atom stereocenters. The molecule has 1 heterocycles. The maximum absolute atomic E-state index is 6.89. The highest BCUT2D eigenvalue weighted by Gasteiger charge is 2.30. The van der Waals surface area contributed by atoms with E-state index in [0.717, 1.165) is 11.2 Å². The van der Waals surface area contributed by atoms with E-state index in [-0.39, 0.29) is 0 Å². The van der Waals surface area contributed by atoms with Crippen molar-refractivity contribution in [2.75, 3.05) is 0 Å². The van der Waals surface area contributed by atoms with Crippen molar-refractivity contribution in [3.63, 3.8) is 0 Å². The van der Waals surface area contributed by atoms with Crippen LogP contribution in [0, 0.1) is 0 Å². The van der Waals surface area contributed by atoms with E-state index in [9.17, 15) is 0 Å². The van der Waals surface area contributed by atoms with Crippen LogP contribution in [0.1, 0.15) is 0 Å². The molecule has 0 atom stereocenters. The van der Waals surface area contributed by atoms with Crippen molar-refractivity contribution in [2.24, 2.45) is 0 Å². The lowest BCUT2D eigenvalue weighted by molar-refractivity contribution is 0.675. The van der Waals surface area contributed by atoms with Crippen molar-refractivity contribution < 1.29 is 4.42 Å². The van der Waals surface area contributed by atoms with Gasteiger partial charge in [0.1, 0.15) is 160 Å². The molecule has 1 aromatic heterocycles. The minimum atomic E-state index is 1.03. The molecule has 276 valence electrons. The van der Waals surface area contributed by atoms with E-state index in [4.69, 9.17) is 4.42 Å². The normalized spacial score (nSPS) is 11.8. The van der Waals surface area contributed by atoms with Gasteiger partial charge < -0.3 is 4.42 Å². The zero-order chi connectivity index (χ0) is 44.9. The Morgan fingerprint density at radius 1 is 0.242 bits per heavy atom. The number of hydrogen-bond acceptors (Lipinski definition) is 1. The van der Waals surface area contributed by atoms with E-state index < -0.39 is 0 Å². The molecule has 0 aliphatic carbocycles. The first kappa shape index (κ1) is 42.9. The number of furan rings is 1. The van der Waals surface area contributed by atoms with Crippen molar-refractivity contribution in [3.05, 3.63) is 42.5 Å². The molecule has 0 saturated carbocycles. The molecule has 0 N–H and O–H groups in total. The summed E-state index contributed by atoms with van der Waals surface area (Å²) in [6.07, 6.45) is 0. The second-order valence-electron chi connectivity index (χ2n) is 19.3. The van der Waals surface area contributed by atoms with Gasteiger partial charge in [-0.25, -0.2) is 0 Å². The van der Waals surface area contributed by atoms with E-state index >= 15 is 0 Å². The molecule has 9 rings (SSSR count). The molecule has 0 amide bonds. The summed E-state index contributed by atoms with van der Waals surface area (Å²) in [5.74, 6) is 0. The van der Waals surface area contributed by atoms with Gasteiger partial charge in [0.2, 0.25) is 0 Å². The summed E-state index contributed by atoms with van der Waals surface area (Å²) in [5, 5.41) is 10.7. The van der Waals surface area contributed by atoms with Crippen LogP contribution >= 0.6 is 0 Å². The largest absolute Gasteiger partial charge is 0.457 e. The molecule has 8 aromatic carbocycles. The molecule has 0 aliphatic heterocycles. The van der Waals surface area contributed by atoms with E-state index in [0.29, 0.717) is 0 Å². The van der Waals surface area contributed by atoms with Gasteiger partial charge in [-0.05, 0) is 65.7 Å². The summed E-state index contributed by atoms with van der Waals surface area (Å²) in [4.78, 5) is 0. The second kappa shape index (κ2) is 14.8. The Labute approximate surface area is 385 Å². The smallest absolute Gasteiger partial charge is 0.143 e. The molecule has 0 spiro atoms. The molecular weight excluding hydrogens is 726 g/mol. The van der Waals surface area contributed by atoms with Crippen molar-refractivity contribution in [1.82, 2.24) is 0 Å². The summed E-state index contributed by atoms with van der Waals surface area (Å²) in [5.41, 5.74) is 35.9. The van der Waals surface area contributed by atoms with Gasteiger partial charge in [0.15, 0.2) is 0 Å². The van der Waals surface area contributed by atoms with E-state index in [1.165, 1.54) is 180 Å². The lowest BCUT2D eigenvalue weighted by atomic mass is 9.56. The van der Waals surface area contributed by atoms with Gasteiger partial charge in [-0.15, -0.1) is 27.3 Å². The highest BCUT2D eigenvalue weighted by molar-refractivity contribution is 6.74. The molecular formula is C42H45B19O. The SMILES string of the molecule is Bc1c(B)c(-c2c3c(B)c(B)c(B)c(B)c3c(-c3cccc4ccccc34)c3c(B)c(B)c(B)c(B)c23)c(B)c(B)c1-c1c(B)c(B)c2oc3c(B)c(B)c(B)c(B)c3c2c1B. The molecule has 0 bridgehead atoms. The molecule has 20 heteroatoms. The van der Waals surface area contributed by atoms with Crippen molar-refractivity contribution in [3.8, 4) is 33.4 Å². The molecule has 0 saturated heterocycles. The lowest BCUT2D eigenvalue weighted by Crippen LogP contribution is -2.51. The van der Waals surface area contributed by atoms with Crippen LogP contribution in [0.3, 0.4) is 0 Å². The summed E-state index contributed by atoms with van der Waals surface area (Å²) < 4.78 is 6.89. The lowest BCUT2D eigenvalue weighted by Gasteiger charge is -2.31. The van der Waals surface area contributed by atoms with Crippen LogP contribution in [0.25, 0.3) is 87.6 Å². The number of hydrogen-bond donors (Lipinski definition) is 0. The van der Waals surface area contributed by atoms with Crippen LogP contribution in [0.15, 0.2) is 46.9 Å². The fourth-order valence-corrected chi connectivity index (χ4v) is 11.9. The van der Waals surface area contributed by atoms with Crippen molar-refractivity contribution >= 4 is 307 Å². The van der Waals surface area contributed by atoms with E-state index in [1.807, 2.05) is 0 Å². The zero-order valence-electron chi connectivity index (χ0n) is 40.9.